The van der Waals surface area contributed by atoms with Gasteiger partial charge in [-0.2, -0.15) is 0 Å². The van der Waals surface area contributed by atoms with E-state index in [0.717, 1.165) is 5.69 Å². The summed E-state index contributed by atoms with van der Waals surface area (Å²) >= 11 is 0. The van der Waals surface area contributed by atoms with E-state index in [1.54, 1.807) is 6.92 Å². The van der Waals surface area contributed by atoms with Crippen LogP contribution in [0, 0.1) is 10.1 Å². The van der Waals surface area contributed by atoms with Gasteiger partial charge in [0.15, 0.2) is 0 Å². The number of non-ortho nitro benzene ring substituents is 1. The lowest BCUT2D eigenvalue weighted by Crippen LogP contribution is -2.46. The molecule has 8 heteroatoms. The van der Waals surface area contributed by atoms with Crippen molar-refractivity contribution in [2.24, 2.45) is 0 Å². The summed E-state index contributed by atoms with van der Waals surface area (Å²) in [6.45, 7) is 2.59. The van der Waals surface area contributed by atoms with Gasteiger partial charge in [-0.3, -0.25) is 19.7 Å². The van der Waals surface area contributed by atoms with Gasteiger partial charge in [-0.25, -0.2) is 0 Å². The highest BCUT2D eigenvalue weighted by atomic mass is 16.6. The van der Waals surface area contributed by atoms with Crippen molar-refractivity contribution < 1.29 is 14.5 Å². The fourth-order valence-electron chi connectivity index (χ4n) is 2.42. The number of hydrogen-bond donors (Lipinski definition) is 2. The number of nitro groups is 1. The maximum Gasteiger partial charge on any atom is 0.270 e. The molecule has 0 aromatic heterocycles. The molecule has 0 saturated carbocycles. The summed E-state index contributed by atoms with van der Waals surface area (Å²) < 4.78 is 0. The number of nitrogens with one attached hydrogen (secondary N) is 2. The Bertz CT molecular complexity index is 810. The minimum absolute atomic E-state index is 0.132. The number of anilines is 1. The molecule has 2 N–H and O–H groups in total. The summed E-state index contributed by atoms with van der Waals surface area (Å²) in [5, 5.41) is 16.1. The van der Waals surface area contributed by atoms with Gasteiger partial charge >= 0.3 is 0 Å². The van der Waals surface area contributed by atoms with Gasteiger partial charge in [0.05, 0.1) is 4.92 Å². The number of rotatable bonds is 8. The van der Waals surface area contributed by atoms with E-state index in [-0.39, 0.29) is 17.2 Å². The van der Waals surface area contributed by atoms with E-state index in [2.05, 4.69) is 10.6 Å². The van der Waals surface area contributed by atoms with Gasteiger partial charge < -0.3 is 15.5 Å². The molecule has 142 valence electrons. The molecule has 2 aromatic carbocycles. The number of carbonyl (C=O) groups is 2. The summed E-state index contributed by atoms with van der Waals surface area (Å²) in [6.07, 6.45) is 0. The average molecular weight is 370 g/mol. The molecule has 0 bridgehead atoms. The minimum atomic E-state index is -0.765. The molecular weight excluding hydrogens is 348 g/mol. The van der Waals surface area contributed by atoms with Crippen LogP contribution in [0.1, 0.15) is 17.3 Å². The topological polar surface area (TPSA) is 105 Å². The first kappa shape index (κ1) is 19.9. The van der Waals surface area contributed by atoms with Gasteiger partial charge in [0.2, 0.25) is 5.91 Å². The highest BCUT2D eigenvalue weighted by molar-refractivity contribution is 5.97. The first-order chi connectivity index (χ1) is 12.9. The second-order valence-corrected chi connectivity index (χ2v) is 6.05. The van der Waals surface area contributed by atoms with E-state index < -0.39 is 16.9 Å². The zero-order valence-corrected chi connectivity index (χ0v) is 15.2. The second kappa shape index (κ2) is 9.33. The molecule has 8 nitrogen and oxygen atoms in total. The van der Waals surface area contributed by atoms with Crippen molar-refractivity contribution >= 4 is 23.2 Å². The fourth-order valence-corrected chi connectivity index (χ4v) is 2.42. The van der Waals surface area contributed by atoms with E-state index in [1.165, 1.54) is 24.3 Å². The third-order valence-corrected chi connectivity index (χ3v) is 4.00. The van der Waals surface area contributed by atoms with Crippen molar-refractivity contribution in [2.45, 2.75) is 13.0 Å². The molecular formula is C19H22N4O4. The first-order valence-corrected chi connectivity index (χ1v) is 8.47. The Hall–Kier alpha value is -3.42. The van der Waals surface area contributed by atoms with E-state index in [1.807, 2.05) is 42.3 Å². The SMILES string of the molecule is CC(NC(=O)c1cccc([N+](=O)[O-])c1)C(=O)NCCN(C)c1ccccc1. The molecule has 0 radical (unpaired) electrons. The molecule has 0 aliphatic rings. The number of benzene rings is 2. The van der Waals surface area contributed by atoms with Crippen LogP contribution in [0.25, 0.3) is 0 Å². The average Bonchev–Trinajstić information content (AvgIpc) is 2.68. The standard InChI is InChI=1S/C19H22N4O4/c1-14(21-19(25)15-7-6-10-17(13-15)23(26)27)18(24)20-11-12-22(2)16-8-4-3-5-9-16/h3-10,13-14H,11-12H2,1-2H3,(H,20,24)(H,21,25). The van der Waals surface area contributed by atoms with Gasteiger partial charge in [-0.15, -0.1) is 0 Å². The minimum Gasteiger partial charge on any atom is -0.373 e. The Morgan fingerprint density at radius 2 is 1.85 bits per heavy atom. The van der Waals surface area contributed by atoms with Gasteiger partial charge in [0, 0.05) is 43.5 Å². The lowest BCUT2D eigenvalue weighted by Gasteiger charge is -2.20. The molecule has 0 aliphatic carbocycles. The zero-order chi connectivity index (χ0) is 19.8. The predicted molar refractivity (Wildman–Crippen MR) is 103 cm³/mol. The van der Waals surface area contributed by atoms with Crippen LogP contribution >= 0.6 is 0 Å². The van der Waals surface area contributed by atoms with Gasteiger partial charge in [0.25, 0.3) is 11.6 Å². The molecule has 0 spiro atoms. The van der Waals surface area contributed by atoms with E-state index in [4.69, 9.17) is 0 Å². The molecule has 0 aliphatic heterocycles. The number of amides is 2. The first-order valence-electron chi connectivity index (χ1n) is 8.47. The van der Waals surface area contributed by atoms with Crippen molar-refractivity contribution in [1.29, 1.82) is 0 Å². The summed E-state index contributed by atoms with van der Waals surface area (Å²) in [4.78, 5) is 36.6. The zero-order valence-electron chi connectivity index (χ0n) is 15.2. The van der Waals surface area contributed by atoms with Crippen molar-refractivity contribution in [1.82, 2.24) is 10.6 Å². The largest absolute Gasteiger partial charge is 0.373 e. The number of likely N-dealkylation sites (N-methyl/N-ethyl adjacent to an activating group) is 1. The maximum absolute atomic E-state index is 12.2. The van der Waals surface area contributed by atoms with Gasteiger partial charge in [0.1, 0.15) is 6.04 Å². The van der Waals surface area contributed by atoms with Crippen LogP contribution in [-0.4, -0.2) is 42.9 Å². The molecule has 1 unspecified atom stereocenters. The molecule has 0 fully saturated rings. The van der Waals surface area contributed by atoms with Crippen LogP contribution in [0.4, 0.5) is 11.4 Å². The third kappa shape index (κ3) is 5.81. The van der Waals surface area contributed by atoms with Crippen LogP contribution in [0.5, 0.6) is 0 Å². The second-order valence-electron chi connectivity index (χ2n) is 6.05. The van der Waals surface area contributed by atoms with Crippen LogP contribution in [0.2, 0.25) is 0 Å². The van der Waals surface area contributed by atoms with E-state index in [0.29, 0.717) is 13.1 Å². The van der Waals surface area contributed by atoms with Gasteiger partial charge in [-0.1, -0.05) is 24.3 Å². The lowest BCUT2D eigenvalue weighted by molar-refractivity contribution is -0.384. The number of hydrogen-bond acceptors (Lipinski definition) is 5. The molecule has 2 aromatic rings. The van der Waals surface area contributed by atoms with Crippen LogP contribution < -0.4 is 15.5 Å². The maximum atomic E-state index is 12.2. The summed E-state index contributed by atoms with van der Waals surface area (Å²) in [5.41, 5.74) is 0.995. The van der Waals surface area contributed by atoms with Gasteiger partial charge in [-0.05, 0) is 25.1 Å². The third-order valence-electron chi connectivity index (χ3n) is 4.00. The van der Waals surface area contributed by atoms with Crippen molar-refractivity contribution in [3.05, 3.63) is 70.3 Å². The number of nitrogens with zero attached hydrogens (tertiary/aromatic N) is 2. The normalized spacial score (nSPS) is 11.3. The molecule has 2 rings (SSSR count). The van der Waals surface area contributed by atoms with Crippen molar-refractivity contribution in [2.75, 3.05) is 25.0 Å². The Balaban J connectivity index is 1.82. The highest BCUT2D eigenvalue weighted by Crippen LogP contribution is 2.13. The lowest BCUT2D eigenvalue weighted by atomic mass is 10.1. The monoisotopic (exact) mass is 370 g/mol. The van der Waals surface area contributed by atoms with Crippen LogP contribution in [0.3, 0.4) is 0 Å². The van der Waals surface area contributed by atoms with E-state index >= 15 is 0 Å². The summed E-state index contributed by atoms with van der Waals surface area (Å²) in [7, 11) is 1.93. The smallest absolute Gasteiger partial charge is 0.270 e. The van der Waals surface area contributed by atoms with Crippen molar-refractivity contribution in [3.63, 3.8) is 0 Å². The number of para-hydroxylation sites is 1. The quantitative estimate of drug-likeness (QED) is 0.546. The van der Waals surface area contributed by atoms with Crippen LogP contribution in [0.15, 0.2) is 54.6 Å². The molecule has 0 saturated heterocycles. The highest BCUT2D eigenvalue weighted by Gasteiger charge is 2.18. The molecule has 2 amide bonds. The Kier molecular flexibility index (Phi) is 6.87. The molecule has 1 atom stereocenters. The molecule has 0 heterocycles. The Labute approximate surface area is 157 Å². The fraction of sp³-hybridized carbons (Fsp3) is 0.263. The summed E-state index contributed by atoms with van der Waals surface area (Å²) in [6, 6.07) is 14.4. The Morgan fingerprint density at radius 1 is 1.15 bits per heavy atom. The summed E-state index contributed by atoms with van der Waals surface area (Å²) in [5.74, 6) is -0.863. The van der Waals surface area contributed by atoms with Crippen LogP contribution in [-0.2, 0) is 4.79 Å². The predicted octanol–water partition coefficient (Wildman–Crippen LogP) is 1.97. The number of nitro benzene ring substituents is 1. The van der Waals surface area contributed by atoms with E-state index in [9.17, 15) is 19.7 Å². The number of carbonyl (C=O) groups excluding carboxylic acids is 2. The molecule has 27 heavy (non-hydrogen) atoms. The van der Waals surface area contributed by atoms with Crippen molar-refractivity contribution in [3.8, 4) is 0 Å². The Morgan fingerprint density at radius 3 is 2.52 bits per heavy atom.